The van der Waals surface area contributed by atoms with E-state index in [2.05, 4.69) is 12.0 Å². The molecule has 0 aromatic carbocycles. The summed E-state index contributed by atoms with van der Waals surface area (Å²) in [7, 11) is 1.88. The molecule has 1 aliphatic rings. The zero-order valence-electron chi connectivity index (χ0n) is 12.3. The standard InChI is InChI=1S/C14H24N4O/c1-9-5-6-18(8-12(9)7-15)14(19)13-10(2)16-17(4)11(13)3/h9,12H,5-8,15H2,1-4H3. The number of rotatable bonds is 2. The summed E-state index contributed by atoms with van der Waals surface area (Å²) < 4.78 is 1.77. The van der Waals surface area contributed by atoms with Crippen LogP contribution < -0.4 is 5.73 Å². The second-order valence-electron chi connectivity index (χ2n) is 5.68. The molecule has 2 atom stereocenters. The van der Waals surface area contributed by atoms with Gasteiger partial charge in [0.25, 0.3) is 5.91 Å². The maximum absolute atomic E-state index is 12.7. The Hall–Kier alpha value is -1.36. The smallest absolute Gasteiger partial charge is 0.257 e. The van der Waals surface area contributed by atoms with Crippen molar-refractivity contribution < 1.29 is 4.79 Å². The number of aromatic nitrogens is 2. The monoisotopic (exact) mass is 264 g/mol. The van der Waals surface area contributed by atoms with Crippen molar-refractivity contribution in [2.45, 2.75) is 27.2 Å². The molecule has 1 saturated heterocycles. The van der Waals surface area contributed by atoms with Crippen LogP contribution in [0.1, 0.15) is 35.1 Å². The van der Waals surface area contributed by atoms with E-state index in [-0.39, 0.29) is 5.91 Å². The van der Waals surface area contributed by atoms with Crippen LogP contribution in [-0.2, 0) is 7.05 Å². The third-order valence-electron chi connectivity index (χ3n) is 4.43. The van der Waals surface area contributed by atoms with Gasteiger partial charge in [-0.3, -0.25) is 9.48 Å². The fourth-order valence-corrected chi connectivity index (χ4v) is 2.88. The van der Waals surface area contributed by atoms with E-state index >= 15 is 0 Å². The summed E-state index contributed by atoms with van der Waals surface area (Å²) in [6, 6.07) is 0. The highest BCUT2D eigenvalue weighted by molar-refractivity contribution is 5.96. The summed E-state index contributed by atoms with van der Waals surface area (Å²) in [4.78, 5) is 14.6. The lowest BCUT2D eigenvalue weighted by atomic mass is 9.87. The number of aryl methyl sites for hydroxylation is 2. The number of carbonyl (C=O) groups excluding carboxylic acids is 1. The summed E-state index contributed by atoms with van der Waals surface area (Å²) in [6.07, 6.45) is 1.03. The number of carbonyl (C=O) groups is 1. The quantitative estimate of drug-likeness (QED) is 0.870. The molecule has 5 nitrogen and oxygen atoms in total. The minimum Gasteiger partial charge on any atom is -0.338 e. The van der Waals surface area contributed by atoms with Crippen LogP contribution in [0.3, 0.4) is 0 Å². The van der Waals surface area contributed by atoms with E-state index in [4.69, 9.17) is 5.73 Å². The van der Waals surface area contributed by atoms with Gasteiger partial charge in [0.1, 0.15) is 0 Å². The van der Waals surface area contributed by atoms with E-state index in [0.29, 0.717) is 18.4 Å². The molecule has 2 rings (SSSR count). The van der Waals surface area contributed by atoms with E-state index in [1.54, 1.807) is 4.68 Å². The van der Waals surface area contributed by atoms with E-state index in [0.717, 1.165) is 36.5 Å². The van der Waals surface area contributed by atoms with E-state index < -0.39 is 0 Å². The first-order valence-corrected chi connectivity index (χ1v) is 6.95. The Morgan fingerprint density at radius 2 is 2.16 bits per heavy atom. The Morgan fingerprint density at radius 3 is 2.68 bits per heavy atom. The lowest BCUT2D eigenvalue weighted by Crippen LogP contribution is -2.45. The topological polar surface area (TPSA) is 64.2 Å². The molecule has 2 unspecified atom stereocenters. The van der Waals surface area contributed by atoms with Gasteiger partial charge in [-0.05, 0) is 38.6 Å². The Bertz CT molecular complexity index is 480. The van der Waals surface area contributed by atoms with E-state index in [9.17, 15) is 4.79 Å². The molecule has 19 heavy (non-hydrogen) atoms. The number of nitrogens with two attached hydrogens (primary N) is 1. The maximum Gasteiger partial charge on any atom is 0.257 e. The van der Waals surface area contributed by atoms with Gasteiger partial charge >= 0.3 is 0 Å². The highest BCUT2D eigenvalue weighted by Gasteiger charge is 2.30. The predicted octanol–water partition coefficient (Wildman–Crippen LogP) is 1.09. The molecule has 1 aromatic rings. The van der Waals surface area contributed by atoms with E-state index in [1.165, 1.54) is 0 Å². The van der Waals surface area contributed by atoms with Gasteiger partial charge in [0.2, 0.25) is 0 Å². The number of amides is 1. The fourth-order valence-electron chi connectivity index (χ4n) is 2.88. The number of hydrogen-bond acceptors (Lipinski definition) is 3. The number of hydrogen-bond donors (Lipinski definition) is 1. The van der Waals surface area contributed by atoms with Gasteiger partial charge < -0.3 is 10.6 Å². The molecule has 0 spiro atoms. The summed E-state index contributed by atoms with van der Waals surface area (Å²) in [5.41, 5.74) is 8.31. The molecule has 0 radical (unpaired) electrons. The molecule has 2 heterocycles. The zero-order chi connectivity index (χ0) is 14.2. The molecule has 1 aliphatic heterocycles. The van der Waals surface area contributed by atoms with Crippen LogP contribution in [0.25, 0.3) is 0 Å². The first-order chi connectivity index (χ1) is 8.95. The molecular weight excluding hydrogens is 240 g/mol. The number of piperidine rings is 1. The lowest BCUT2D eigenvalue weighted by Gasteiger charge is -2.36. The first kappa shape index (κ1) is 14.1. The van der Waals surface area contributed by atoms with Crippen molar-refractivity contribution in [3.63, 3.8) is 0 Å². The summed E-state index contributed by atoms with van der Waals surface area (Å²) in [6.45, 7) is 8.30. The van der Waals surface area contributed by atoms with Gasteiger partial charge in [-0.15, -0.1) is 0 Å². The van der Waals surface area contributed by atoms with Gasteiger partial charge in [0.15, 0.2) is 0 Å². The van der Waals surface area contributed by atoms with Crippen molar-refractivity contribution in [3.8, 4) is 0 Å². The fraction of sp³-hybridized carbons (Fsp3) is 0.714. The molecule has 5 heteroatoms. The average molecular weight is 264 g/mol. The van der Waals surface area contributed by atoms with Crippen molar-refractivity contribution >= 4 is 5.91 Å². The van der Waals surface area contributed by atoms with Crippen molar-refractivity contribution in [2.24, 2.45) is 24.6 Å². The van der Waals surface area contributed by atoms with Crippen LogP contribution >= 0.6 is 0 Å². The Labute approximate surface area is 114 Å². The molecule has 0 saturated carbocycles. The molecule has 1 aromatic heterocycles. The maximum atomic E-state index is 12.7. The number of nitrogens with zero attached hydrogens (tertiary/aromatic N) is 3. The minimum atomic E-state index is 0.105. The third-order valence-corrected chi connectivity index (χ3v) is 4.43. The van der Waals surface area contributed by atoms with Gasteiger partial charge in [-0.2, -0.15) is 5.10 Å². The Balaban J connectivity index is 2.20. The average Bonchev–Trinajstić information content (AvgIpc) is 2.63. The summed E-state index contributed by atoms with van der Waals surface area (Å²) >= 11 is 0. The highest BCUT2D eigenvalue weighted by atomic mass is 16.2. The van der Waals surface area contributed by atoms with Crippen molar-refractivity contribution in [2.75, 3.05) is 19.6 Å². The second kappa shape index (κ2) is 5.33. The molecule has 0 aliphatic carbocycles. The summed E-state index contributed by atoms with van der Waals surface area (Å²) in [5.74, 6) is 1.12. The van der Waals surface area contributed by atoms with Crippen molar-refractivity contribution in [3.05, 3.63) is 17.0 Å². The molecule has 0 bridgehead atoms. The van der Waals surface area contributed by atoms with Gasteiger partial charge in [0, 0.05) is 25.8 Å². The Morgan fingerprint density at radius 1 is 1.47 bits per heavy atom. The molecule has 1 fully saturated rings. The van der Waals surface area contributed by atoms with Gasteiger partial charge in [-0.1, -0.05) is 6.92 Å². The first-order valence-electron chi connectivity index (χ1n) is 6.95. The lowest BCUT2D eigenvalue weighted by molar-refractivity contribution is 0.0617. The SMILES string of the molecule is Cc1nn(C)c(C)c1C(=O)N1CCC(C)C(CN)C1. The third kappa shape index (κ3) is 2.52. The van der Waals surface area contributed by atoms with Crippen LogP contribution in [0, 0.1) is 25.7 Å². The molecular formula is C14H24N4O. The number of likely N-dealkylation sites (tertiary alicyclic amines) is 1. The normalized spacial score (nSPS) is 23.7. The van der Waals surface area contributed by atoms with Crippen molar-refractivity contribution in [1.82, 2.24) is 14.7 Å². The minimum absolute atomic E-state index is 0.105. The highest BCUT2D eigenvalue weighted by Crippen LogP contribution is 2.25. The summed E-state index contributed by atoms with van der Waals surface area (Å²) in [5, 5.41) is 4.33. The zero-order valence-corrected chi connectivity index (χ0v) is 12.3. The van der Waals surface area contributed by atoms with Crippen LogP contribution in [0.15, 0.2) is 0 Å². The van der Waals surface area contributed by atoms with Crippen LogP contribution in [0.5, 0.6) is 0 Å². The molecule has 106 valence electrons. The Kier molecular flexibility index (Phi) is 3.94. The van der Waals surface area contributed by atoms with Crippen LogP contribution in [0.4, 0.5) is 0 Å². The predicted molar refractivity (Wildman–Crippen MR) is 74.9 cm³/mol. The van der Waals surface area contributed by atoms with Crippen LogP contribution in [0.2, 0.25) is 0 Å². The van der Waals surface area contributed by atoms with E-state index in [1.807, 2.05) is 25.8 Å². The molecule has 2 N–H and O–H groups in total. The largest absolute Gasteiger partial charge is 0.338 e. The second-order valence-corrected chi connectivity index (χ2v) is 5.68. The molecule has 1 amide bonds. The van der Waals surface area contributed by atoms with Crippen molar-refractivity contribution in [1.29, 1.82) is 0 Å². The van der Waals surface area contributed by atoms with Crippen LogP contribution in [-0.4, -0.2) is 40.2 Å². The van der Waals surface area contributed by atoms with Gasteiger partial charge in [-0.25, -0.2) is 0 Å². The van der Waals surface area contributed by atoms with Gasteiger partial charge in [0.05, 0.1) is 11.3 Å².